The number of aromatic nitrogens is 2. The van der Waals surface area contributed by atoms with Gasteiger partial charge in [-0.15, -0.1) is 11.3 Å². The maximum absolute atomic E-state index is 12.2. The first kappa shape index (κ1) is 17.8. The third-order valence-electron chi connectivity index (χ3n) is 3.84. The van der Waals surface area contributed by atoms with Crippen LogP contribution in [-0.4, -0.2) is 40.3 Å². The topological polar surface area (TPSA) is 95.2 Å². The van der Waals surface area contributed by atoms with Gasteiger partial charge in [-0.2, -0.15) is 0 Å². The van der Waals surface area contributed by atoms with Crippen LogP contribution in [0.1, 0.15) is 20.4 Å². The number of amides is 2. The summed E-state index contributed by atoms with van der Waals surface area (Å²) in [5.74, 6) is -0.158. The van der Waals surface area contributed by atoms with Crippen LogP contribution in [0.2, 0.25) is 0 Å². The maximum atomic E-state index is 12.2. The Hall–Kier alpha value is -3.00. The molecule has 3 aromatic rings. The molecule has 0 aliphatic heterocycles. The molecule has 1 aromatic carbocycles. The van der Waals surface area contributed by atoms with Crippen molar-refractivity contribution in [2.75, 3.05) is 13.6 Å². The molecule has 0 fully saturated rings. The molecule has 134 valence electrons. The van der Waals surface area contributed by atoms with Crippen molar-refractivity contribution in [2.24, 2.45) is 0 Å². The Labute approximate surface area is 153 Å². The van der Waals surface area contributed by atoms with Crippen LogP contribution >= 0.6 is 11.3 Å². The summed E-state index contributed by atoms with van der Waals surface area (Å²) < 4.78 is 0. The van der Waals surface area contributed by atoms with Gasteiger partial charge >= 0.3 is 0 Å². The fourth-order valence-corrected chi connectivity index (χ4v) is 3.24. The zero-order valence-electron chi connectivity index (χ0n) is 14.4. The number of benzene rings is 1. The highest BCUT2D eigenvalue weighted by atomic mass is 32.1. The number of hydrogen-bond acceptors (Lipinski definition) is 5. The van der Waals surface area contributed by atoms with E-state index in [1.54, 1.807) is 37.4 Å². The van der Waals surface area contributed by atoms with Crippen molar-refractivity contribution in [2.45, 2.75) is 13.5 Å². The average molecular weight is 370 g/mol. The molecule has 0 saturated carbocycles. The standard InChI is InChI=1S/C18H18N4O3S/c1-11-7-8-14(26-11)18(25)19-9-16(23)22(2)10-15-20-13-6-4-3-5-12(13)17(24)21-15/h3-8H,9-10H2,1-2H3,(H,19,25)(H,20,21,24). The molecular weight excluding hydrogens is 352 g/mol. The van der Waals surface area contributed by atoms with Gasteiger partial charge in [-0.1, -0.05) is 12.1 Å². The average Bonchev–Trinajstić information content (AvgIpc) is 3.06. The molecule has 8 heteroatoms. The van der Waals surface area contributed by atoms with Crippen LogP contribution in [0.4, 0.5) is 0 Å². The van der Waals surface area contributed by atoms with Gasteiger partial charge in [0.15, 0.2) is 0 Å². The van der Waals surface area contributed by atoms with E-state index in [1.807, 2.05) is 13.0 Å². The summed E-state index contributed by atoms with van der Waals surface area (Å²) in [6.45, 7) is 1.94. The van der Waals surface area contributed by atoms with Crippen LogP contribution in [0, 0.1) is 6.92 Å². The second kappa shape index (κ2) is 7.49. The highest BCUT2D eigenvalue weighted by Crippen LogP contribution is 2.14. The number of fused-ring (bicyclic) bond motifs is 1. The molecule has 26 heavy (non-hydrogen) atoms. The van der Waals surface area contributed by atoms with Crippen molar-refractivity contribution in [1.29, 1.82) is 0 Å². The number of likely N-dealkylation sites (N-methyl/N-ethyl adjacent to an activating group) is 1. The zero-order valence-corrected chi connectivity index (χ0v) is 15.2. The van der Waals surface area contributed by atoms with Crippen molar-refractivity contribution in [3.63, 3.8) is 0 Å². The van der Waals surface area contributed by atoms with Crippen molar-refractivity contribution < 1.29 is 9.59 Å². The van der Waals surface area contributed by atoms with Crippen molar-refractivity contribution in [1.82, 2.24) is 20.2 Å². The number of hydrogen-bond donors (Lipinski definition) is 2. The van der Waals surface area contributed by atoms with Crippen LogP contribution in [0.15, 0.2) is 41.2 Å². The number of rotatable bonds is 5. The van der Waals surface area contributed by atoms with E-state index in [-0.39, 0.29) is 30.5 Å². The van der Waals surface area contributed by atoms with Crippen LogP contribution in [0.3, 0.4) is 0 Å². The molecule has 2 heterocycles. The lowest BCUT2D eigenvalue weighted by Gasteiger charge is -2.17. The number of carbonyl (C=O) groups excluding carboxylic acids is 2. The second-order valence-electron chi connectivity index (χ2n) is 5.87. The SMILES string of the molecule is Cc1ccc(C(=O)NCC(=O)N(C)Cc2nc3ccccc3c(=O)[nH]2)s1. The van der Waals surface area contributed by atoms with Gasteiger partial charge < -0.3 is 15.2 Å². The minimum absolute atomic E-state index is 0.121. The highest BCUT2D eigenvalue weighted by molar-refractivity contribution is 7.13. The Morgan fingerprint density at radius 1 is 1.23 bits per heavy atom. The molecular formula is C18H18N4O3S. The molecule has 2 amide bonds. The summed E-state index contributed by atoms with van der Waals surface area (Å²) in [5, 5.41) is 3.11. The monoisotopic (exact) mass is 370 g/mol. The molecule has 3 rings (SSSR count). The molecule has 2 N–H and O–H groups in total. The zero-order chi connectivity index (χ0) is 18.7. The van der Waals surface area contributed by atoms with E-state index in [2.05, 4.69) is 15.3 Å². The Kier molecular flexibility index (Phi) is 5.13. The van der Waals surface area contributed by atoms with E-state index in [9.17, 15) is 14.4 Å². The predicted molar refractivity (Wildman–Crippen MR) is 100 cm³/mol. The summed E-state index contributed by atoms with van der Waals surface area (Å²) in [7, 11) is 1.60. The van der Waals surface area contributed by atoms with Crippen molar-refractivity contribution in [3.8, 4) is 0 Å². The van der Waals surface area contributed by atoms with E-state index in [4.69, 9.17) is 0 Å². The quantitative estimate of drug-likeness (QED) is 0.714. The van der Waals surface area contributed by atoms with Crippen LogP contribution in [0.5, 0.6) is 0 Å². The summed E-state index contributed by atoms with van der Waals surface area (Å²) in [6.07, 6.45) is 0. The van der Waals surface area contributed by atoms with Gasteiger partial charge in [0.1, 0.15) is 5.82 Å². The van der Waals surface area contributed by atoms with Gasteiger partial charge in [-0.25, -0.2) is 4.98 Å². The van der Waals surface area contributed by atoms with Crippen LogP contribution in [0.25, 0.3) is 10.9 Å². The lowest BCUT2D eigenvalue weighted by Crippen LogP contribution is -2.38. The van der Waals surface area contributed by atoms with Crippen LogP contribution < -0.4 is 10.9 Å². The normalized spacial score (nSPS) is 10.7. The molecule has 0 aliphatic rings. The number of nitrogens with zero attached hydrogens (tertiary/aromatic N) is 2. The van der Waals surface area contributed by atoms with Gasteiger partial charge in [0.05, 0.1) is 28.9 Å². The molecule has 0 radical (unpaired) electrons. The van der Waals surface area contributed by atoms with Crippen LogP contribution in [-0.2, 0) is 11.3 Å². The predicted octanol–water partition coefficient (Wildman–Crippen LogP) is 1.68. The lowest BCUT2D eigenvalue weighted by atomic mass is 10.2. The van der Waals surface area contributed by atoms with Gasteiger partial charge in [0, 0.05) is 11.9 Å². The van der Waals surface area contributed by atoms with Gasteiger partial charge in [-0.3, -0.25) is 14.4 Å². The van der Waals surface area contributed by atoms with E-state index >= 15 is 0 Å². The molecule has 0 bridgehead atoms. The molecule has 7 nitrogen and oxygen atoms in total. The number of H-pyrrole nitrogens is 1. The first-order chi connectivity index (χ1) is 12.4. The molecule has 0 saturated heterocycles. The third-order valence-corrected chi connectivity index (χ3v) is 4.84. The van der Waals surface area contributed by atoms with Crippen molar-refractivity contribution in [3.05, 3.63) is 62.3 Å². The van der Waals surface area contributed by atoms with E-state index < -0.39 is 0 Å². The summed E-state index contributed by atoms with van der Waals surface area (Å²) in [6, 6.07) is 10.6. The minimum atomic E-state index is -0.276. The van der Waals surface area contributed by atoms with Gasteiger partial charge in [0.2, 0.25) is 5.91 Å². The number of aromatic amines is 1. The number of nitrogens with one attached hydrogen (secondary N) is 2. The Morgan fingerprint density at radius 3 is 2.73 bits per heavy atom. The smallest absolute Gasteiger partial charge is 0.261 e. The molecule has 0 spiro atoms. The number of thiophene rings is 1. The van der Waals surface area contributed by atoms with Gasteiger partial charge in [-0.05, 0) is 31.2 Å². The van der Waals surface area contributed by atoms with E-state index in [0.29, 0.717) is 21.6 Å². The molecule has 0 unspecified atom stereocenters. The fourth-order valence-electron chi connectivity index (χ4n) is 2.46. The maximum Gasteiger partial charge on any atom is 0.261 e. The Balaban J connectivity index is 1.62. The number of carbonyl (C=O) groups is 2. The minimum Gasteiger partial charge on any atom is -0.342 e. The molecule has 0 atom stereocenters. The third kappa shape index (κ3) is 3.97. The first-order valence-electron chi connectivity index (χ1n) is 8.00. The van der Waals surface area contributed by atoms with E-state index in [0.717, 1.165) is 4.88 Å². The van der Waals surface area contributed by atoms with Crippen molar-refractivity contribution >= 4 is 34.1 Å². The van der Waals surface area contributed by atoms with Gasteiger partial charge in [0.25, 0.3) is 11.5 Å². The molecule has 2 aromatic heterocycles. The second-order valence-corrected chi connectivity index (χ2v) is 7.16. The number of aryl methyl sites for hydroxylation is 1. The lowest BCUT2D eigenvalue weighted by molar-refractivity contribution is -0.129. The fraction of sp³-hybridized carbons (Fsp3) is 0.222. The summed E-state index contributed by atoms with van der Waals surface area (Å²) >= 11 is 1.37. The summed E-state index contributed by atoms with van der Waals surface area (Å²) in [5.41, 5.74) is 0.335. The summed E-state index contributed by atoms with van der Waals surface area (Å²) in [4.78, 5) is 46.4. The Morgan fingerprint density at radius 2 is 2.00 bits per heavy atom. The first-order valence-corrected chi connectivity index (χ1v) is 8.82. The van der Waals surface area contributed by atoms with E-state index in [1.165, 1.54) is 16.2 Å². The highest BCUT2D eigenvalue weighted by Gasteiger charge is 2.14. The molecule has 0 aliphatic carbocycles. The Bertz CT molecular complexity index is 1020. The largest absolute Gasteiger partial charge is 0.342 e. The number of para-hydroxylation sites is 1.